The van der Waals surface area contributed by atoms with Gasteiger partial charge in [-0.05, 0) is 32.0 Å². The van der Waals surface area contributed by atoms with E-state index in [9.17, 15) is 9.59 Å². The molecular weight excluding hydrogens is 390 g/mol. The van der Waals surface area contributed by atoms with Crippen molar-refractivity contribution in [2.24, 2.45) is 0 Å². The molecule has 29 heavy (non-hydrogen) atoms. The maximum Gasteiger partial charge on any atom is 0.341 e. The number of esters is 1. The Hall–Kier alpha value is -2.58. The third-order valence-electron chi connectivity index (χ3n) is 4.76. The van der Waals surface area contributed by atoms with Gasteiger partial charge in [-0.2, -0.15) is 0 Å². The van der Waals surface area contributed by atoms with E-state index >= 15 is 0 Å². The van der Waals surface area contributed by atoms with Gasteiger partial charge in [0.2, 0.25) is 5.91 Å². The molecule has 0 aliphatic carbocycles. The molecule has 2 aromatic rings. The SMILES string of the molecule is CCOC(=O)c1cc(C)sc1NC(=O)CN1CCN(c2cccc(OC)c2)CC1. The molecule has 1 aromatic heterocycles. The van der Waals surface area contributed by atoms with Gasteiger partial charge in [0.25, 0.3) is 0 Å². The minimum absolute atomic E-state index is 0.118. The Balaban J connectivity index is 1.53. The summed E-state index contributed by atoms with van der Waals surface area (Å²) in [6, 6.07) is 9.77. The number of hydrogen-bond donors (Lipinski definition) is 1. The third-order valence-corrected chi connectivity index (χ3v) is 5.73. The first-order valence-corrected chi connectivity index (χ1v) is 10.5. The van der Waals surface area contributed by atoms with Crippen LogP contribution in [0.5, 0.6) is 5.75 Å². The molecule has 1 aliphatic heterocycles. The molecule has 1 saturated heterocycles. The Morgan fingerprint density at radius 3 is 2.62 bits per heavy atom. The molecule has 1 aromatic carbocycles. The van der Waals surface area contributed by atoms with Crippen molar-refractivity contribution < 1.29 is 19.1 Å². The van der Waals surface area contributed by atoms with Gasteiger partial charge in [0.15, 0.2) is 0 Å². The molecule has 0 saturated carbocycles. The van der Waals surface area contributed by atoms with E-state index in [1.54, 1.807) is 20.1 Å². The van der Waals surface area contributed by atoms with Crippen LogP contribution in [0.1, 0.15) is 22.2 Å². The van der Waals surface area contributed by atoms with Gasteiger partial charge < -0.3 is 19.7 Å². The zero-order valence-electron chi connectivity index (χ0n) is 17.1. The molecule has 0 bridgehead atoms. The number of ether oxygens (including phenoxy) is 2. The monoisotopic (exact) mass is 417 g/mol. The summed E-state index contributed by atoms with van der Waals surface area (Å²) in [6.45, 7) is 7.53. The van der Waals surface area contributed by atoms with E-state index in [1.165, 1.54) is 11.3 Å². The van der Waals surface area contributed by atoms with E-state index in [-0.39, 0.29) is 5.91 Å². The Bertz CT molecular complexity index is 859. The zero-order valence-corrected chi connectivity index (χ0v) is 17.9. The van der Waals surface area contributed by atoms with Crippen molar-refractivity contribution in [3.8, 4) is 5.75 Å². The lowest BCUT2D eigenvalue weighted by Gasteiger charge is -2.35. The van der Waals surface area contributed by atoms with Gasteiger partial charge >= 0.3 is 5.97 Å². The second-order valence-corrected chi connectivity index (χ2v) is 8.09. The molecule has 1 aliphatic rings. The summed E-state index contributed by atoms with van der Waals surface area (Å²) in [6.07, 6.45) is 0. The number of benzene rings is 1. The fourth-order valence-electron chi connectivity index (χ4n) is 3.31. The molecule has 1 fully saturated rings. The van der Waals surface area contributed by atoms with Crippen molar-refractivity contribution in [2.75, 3.05) is 56.7 Å². The number of nitrogens with zero attached hydrogens (tertiary/aromatic N) is 2. The van der Waals surface area contributed by atoms with Crippen LogP contribution < -0.4 is 15.0 Å². The van der Waals surface area contributed by atoms with E-state index in [4.69, 9.17) is 9.47 Å². The van der Waals surface area contributed by atoms with Gasteiger partial charge in [-0.1, -0.05) is 6.07 Å². The highest BCUT2D eigenvalue weighted by atomic mass is 32.1. The average Bonchev–Trinajstić information content (AvgIpc) is 3.08. The number of aryl methyl sites for hydroxylation is 1. The van der Waals surface area contributed by atoms with Crippen LogP contribution in [0.15, 0.2) is 30.3 Å². The number of carbonyl (C=O) groups is 2. The topological polar surface area (TPSA) is 71.1 Å². The van der Waals surface area contributed by atoms with Gasteiger partial charge in [-0.25, -0.2) is 4.79 Å². The summed E-state index contributed by atoms with van der Waals surface area (Å²) in [5, 5.41) is 3.44. The molecule has 8 heteroatoms. The molecule has 0 atom stereocenters. The highest BCUT2D eigenvalue weighted by molar-refractivity contribution is 7.16. The number of carbonyl (C=O) groups excluding carboxylic acids is 2. The quantitative estimate of drug-likeness (QED) is 0.699. The molecule has 2 heterocycles. The van der Waals surface area contributed by atoms with Crippen molar-refractivity contribution in [1.29, 1.82) is 0 Å². The summed E-state index contributed by atoms with van der Waals surface area (Å²) in [5.74, 6) is 0.319. The Morgan fingerprint density at radius 1 is 1.17 bits per heavy atom. The molecule has 156 valence electrons. The van der Waals surface area contributed by atoms with Crippen molar-refractivity contribution in [1.82, 2.24) is 4.90 Å². The summed E-state index contributed by atoms with van der Waals surface area (Å²) in [7, 11) is 1.66. The van der Waals surface area contributed by atoms with E-state index in [0.717, 1.165) is 42.5 Å². The first kappa shape index (κ1) is 21.1. The summed E-state index contributed by atoms with van der Waals surface area (Å²) in [5.41, 5.74) is 1.55. The Morgan fingerprint density at radius 2 is 1.93 bits per heavy atom. The van der Waals surface area contributed by atoms with Crippen LogP contribution in [0.3, 0.4) is 0 Å². The Kier molecular flexibility index (Phi) is 7.11. The molecule has 0 radical (unpaired) electrons. The van der Waals surface area contributed by atoms with Gasteiger partial charge in [0.1, 0.15) is 10.8 Å². The van der Waals surface area contributed by atoms with Crippen LogP contribution in [-0.4, -0.2) is 63.2 Å². The standard InChI is InChI=1S/C21H27N3O4S/c1-4-28-21(26)18-12-15(2)29-20(18)22-19(25)14-23-8-10-24(11-9-23)16-6-5-7-17(13-16)27-3/h5-7,12-13H,4,8-11,14H2,1-3H3,(H,22,25). The van der Waals surface area contributed by atoms with Gasteiger partial charge in [-0.15, -0.1) is 11.3 Å². The zero-order chi connectivity index (χ0) is 20.8. The molecule has 1 amide bonds. The normalized spacial score (nSPS) is 14.5. The van der Waals surface area contributed by atoms with Crippen LogP contribution in [0, 0.1) is 6.92 Å². The Labute approximate surface area is 175 Å². The van der Waals surface area contributed by atoms with Gasteiger partial charge in [0.05, 0.1) is 25.8 Å². The maximum atomic E-state index is 12.5. The first-order valence-electron chi connectivity index (χ1n) is 9.69. The summed E-state index contributed by atoms with van der Waals surface area (Å²) in [4.78, 5) is 30.0. The van der Waals surface area contributed by atoms with Crippen molar-refractivity contribution in [3.63, 3.8) is 0 Å². The van der Waals surface area contributed by atoms with E-state index < -0.39 is 5.97 Å². The largest absolute Gasteiger partial charge is 0.497 e. The molecule has 0 unspecified atom stereocenters. The van der Waals surface area contributed by atoms with Gasteiger partial charge in [0, 0.05) is 42.8 Å². The van der Waals surface area contributed by atoms with Crippen LogP contribution in [0.2, 0.25) is 0 Å². The number of hydrogen-bond acceptors (Lipinski definition) is 7. The van der Waals surface area contributed by atoms with E-state index in [2.05, 4.69) is 21.2 Å². The first-order chi connectivity index (χ1) is 14.0. The van der Waals surface area contributed by atoms with Crippen molar-refractivity contribution in [3.05, 3.63) is 40.8 Å². The molecule has 7 nitrogen and oxygen atoms in total. The minimum atomic E-state index is -0.404. The summed E-state index contributed by atoms with van der Waals surface area (Å²) >= 11 is 1.39. The number of amides is 1. The van der Waals surface area contributed by atoms with Crippen molar-refractivity contribution in [2.45, 2.75) is 13.8 Å². The average molecular weight is 418 g/mol. The van der Waals surface area contributed by atoms with Crippen LogP contribution >= 0.6 is 11.3 Å². The highest BCUT2D eigenvalue weighted by Gasteiger charge is 2.22. The fraction of sp³-hybridized carbons (Fsp3) is 0.429. The van der Waals surface area contributed by atoms with Gasteiger partial charge in [-0.3, -0.25) is 9.69 Å². The number of anilines is 2. The highest BCUT2D eigenvalue weighted by Crippen LogP contribution is 2.28. The number of nitrogens with one attached hydrogen (secondary N) is 1. The molecule has 3 rings (SSSR count). The lowest BCUT2D eigenvalue weighted by Crippen LogP contribution is -2.48. The molecule has 1 N–H and O–H groups in total. The number of methoxy groups -OCH3 is 1. The molecular formula is C21H27N3O4S. The number of thiophene rings is 1. The predicted molar refractivity (Wildman–Crippen MR) is 115 cm³/mol. The predicted octanol–water partition coefficient (Wildman–Crippen LogP) is 3.00. The minimum Gasteiger partial charge on any atom is -0.497 e. The van der Waals surface area contributed by atoms with Crippen LogP contribution in [0.25, 0.3) is 0 Å². The lowest BCUT2D eigenvalue weighted by atomic mass is 10.2. The lowest BCUT2D eigenvalue weighted by molar-refractivity contribution is -0.117. The molecule has 0 spiro atoms. The number of rotatable bonds is 7. The smallest absolute Gasteiger partial charge is 0.341 e. The van der Waals surface area contributed by atoms with E-state index in [0.29, 0.717) is 23.7 Å². The second kappa shape index (κ2) is 9.76. The van der Waals surface area contributed by atoms with Crippen LogP contribution in [-0.2, 0) is 9.53 Å². The van der Waals surface area contributed by atoms with E-state index in [1.807, 2.05) is 25.1 Å². The van der Waals surface area contributed by atoms with Crippen molar-refractivity contribution >= 4 is 33.9 Å². The third kappa shape index (κ3) is 5.48. The maximum absolute atomic E-state index is 12.5. The van der Waals surface area contributed by atoms with Crippen LogP contribution in [0.4, 0.5) is 10.7 Å². The fourth-order valence-corrected chi connectivity index (χ4v) is 4.22. The number of piperazine rings is 1. The second-order valence-electron chi connectivity index (χ2n) is 6.83. The summed E-state index contributed by atoms with van der Waals surface area (Å²) < 4.78 is 10.4.